The van der Waals surface area contributed by atoms with E-state index in [1.54, 1.807) is 9.80 Å². The van der Waals surface area contributed by atoms with Crippen LogP contribution in [0.15, 0.2) is 18.2 Å². The van der Waals surface area contributed by atoms with Crippen LogP contribution < -0.4 is 15.4 Å². The van der Waals surface area contributed by atoms with Crippen LogP contribution in [0.2, 0.25) is 5.02 Å². The molecule has 4 aromatic rings. The predicted molar refractivity (Wildman–Crippen MR) is 163 cm³/mol. The normalized spacial score (nSPS) is 28.8. The van der Waals surface area contributed by atoms with Gasteiger partial charge in [-0.15, -0.1) is 11.3 Å². The quantitative estimate of drug-likeness (QED) is 0.259. The Bertz CT molecular complexity index is 2010. The lowest BCUT2D eigenvalue weighted by molar-refractivity contribution is 0.107. The lowest BCUT2D eigenvalue weighted by Crippen LogP contribution is -2.43. The van der Waals surface area contributed by atoms with E-state index in [9.17, 15) is 18.4 Å². The molecule has 3 aliphatic heterocycles. The highest BCUT2D eigenvalue weighted by atomic mass is 35.5. The summed E-state index contributed by atoms with van der Waals surface area (Å²) < 4.78 is 91.0. The number of nitrogens with two attached hydrogens (primary N) is 1. The molecule has 5 heterocycles. The number of fused-ring (bicyclic) bond motifs is 4. The minimum absolute atomic E-state index is 0.0305. The van der Waals surface area contributed by atoms with E-state index in [-0.39, 0.29) is 86.2 Å². The van der Waals surface area contributed by atoms with Crippen molar-refractivity contribution in [2.24, 2.45) is 5.92 Å². The van der Waals surface area contributed by atoms with Crippen molar-refractivity contribution >= 4 is 54.7 Å². The second kappa shape index (κ2) is 10.6. The van der Waals surface area contributed by atoms with E-state index < -0.39 is 54.0 Å². The third-order valence-electron chi connectivity index (χ3n) is 9.43. The lowest BCUT2D eigenvalue weighted by Gasteiger charge is -2.31. The van der Waals surface area contributed by atoms with E-state index in [0.717, 1.165) is 17.4 Å². The number of aromatic nitrogens is 2. The molecule has 4 aliphatic rings. The molecule has 2 aromatic carbocycles. The van der Waals surface area contributed by atoms with Crippen molar-refractivity contribution in [3.05, 3.63) is 40.4 Å². The molecule has 234 valence electrons. The number of halogens is 5. The molecule has 4 fully saturated rings. The Hall–Kier alpha value is -3.44. The standard InChI is InChI=1S/C31H27ClF4N6O2S/c32-19-8-16-25(24(36)22(19)15-2-3-20(34)27-21(15)17(10-37)28(38)45-27)39-30(44-13-31-4-1-5-41(31)11-14(33)9-31)40-29(16)42-6-7-43-12-18-23(35)26(18)42/h2-3,8,14,18,23,26H,1,4-7,9,11-13,38H2/t14-,18+,23+,26+,31+/m1/s1/i13D2. The number of ether oxygens (including phenoxy) is 2. The Balaban J connectivity index is 1.34. The first-order valence-corrected chi connectivity index (χ1v) is 15.8. The van der Waals surface area contributed by atoms with Gasteiger partial charge in [0.25, 0.3) is 0 Å². The highest BCUT2D eigenvalue weighted by molar-refractivity contribution is 7.23. The summed E-state index contributed by atoms with van der Waals surface area (Å²) in [5.74, 6) is -1.98. The number of hydrogen-bond acceptors (Lipinski definition) is 9. The zero-order chi connectivity index (χ0) is 33.0. The van der Waals surface area contributed by atoms with E-state index in [1.807, 2.05) is 6.07 Å². The van der Waals surface area contributed by atoms with Gasteiger partial charge in [0.15, 0.2) is 5.82 Å². The van der Waals surface area contributed by atoms with Gasteiger partial charge in [0, 0.05) is 41.8 Å². The first-order chi connectivity index (χ1) is 22.5. The molecule has 2 aromatic heterocycles. The van der Waals surface area contributed by atoms with Gasteiger partial charge in [0.2, 0.25) is 0 Å². The van der Waals surface area contributed by atoms with Crippen LogP contribution in [-0.2, 0) is 4.74 Å². The van der Waals surface area contributed by atoms with Gasteiger partial charge in [-0.1, -0.05) is 17.7 Å². The summed E-state index contributed by atoms with van der Waals surface area (Å²) in [6.07, 6.45) is -1.57. The number of anilines is 2. The van der Waals surface area contributed by atoms with E-state index in [1.165, 1.54) is 12.1 Å². The summed E-state index contributed by atoms with van der Waals surface area (Å²) in [5.41, 5.74) is 4.31. The third-order valence-corrected chi connectivity index (χ3v) is 10.8. The maximum Gasteiger partial charge on any atom is 0.319 e. The van der Waals surface area contributed by atoms with Crippen LogP contribution in [0.25, 0.3) is 32.1 Å². The first kappa shape index (κ1) is 26.7. The second-order valence-electron chi connectivity index (χ2n) is 12.0. The maximum atomic E-state index is 17.0. The number of nitrogen functional groups attached to an aromatic ring is 1. The molecule has 5 atom stereocenters. The van der Waals surface area contributed by atoms with Crippen molar-refractivity contribution in [2.75, 3.05) is 50.0 Å². The predicted octanol–water partition coefficient (Wildman–Crippen LogP) is 6.03. The van der Waals surface area contributed by atoms with Gasteiger partial charge in [-0.25, -0.2) is 17.6 Å². The van der Waals surface area contributed by atoms with Crippen molar-refractivity contribution in [3.8, 4) is 23.2 Å². The van der Waals surface area contributed by atoms with Gasteiger partial charge in [-0.3, -0.25) is 4.90 Å². The number of alkyl halides is 2. The van der Waals surface area contributed by atoms with Crippen LogP contribution >= 0.6 is 22.9 Å². The molecule has 0 unspecified atom stereocenters. The molecule has 8 rings (SSSR count). The van der Waals surface area contributed by atoms with Gasteiger partial charge in [0.1, 0.15) is 47.1 Å². The zero-order valence-electron chi connectivity index (χ0n) is 25.6. The lowest BCUT2D eigenvalue weighted by atomic mass is 9.95. The van der Waals surface area contributed by atoms with Crippen LogP contribution in [0.1, 0.15) is 27.6 Å². The molecular weight excluding hydrogens is 632 g/mol. The van der Waals surface area contributed by atoms with Gasteiger partial charge in [0.05, 0.1) is 42.8 Å². The number of thiophene rings is 1. The second-order valence-corrected chi connectivity index (χ2v) is 13.4. The summed E-state index contributed by atoms with van der Waals surface area (Å²) >= 11 is 7.61. The van der Waals surface area contributed by atoms with E-state index in [0.29, 0.717) is 19.4 Å². The summed E-state index contributed by atoms with van der Waals surface area (Å²) in [6, 6.07) is 4.66. The number of hydrogen-bond donors (Lipinski definition) is 1. The Labute approximate surface area is 267 Å². The topological polar surface area (TPSA) is 101 Å². The first-order valence-electron chi connectivity index (χ1n) is 15.6. The van der Waals surface area contributed by atoms with Crippen LogP contribution in [0.3, 0.4) is 0 Å². The molecule has 45 heavy (non-hydrogen) atoms. The number of benzene rings is 2. The number of nitrogens with zero attached hydrogens (tertiary/aromatic N) is 5. The molecular formula is C31H27ClF4N6O2S. The molecule has 1 saturated carbocycles. The van der Waals surface area contributed by atoms with Crippen molar-refractivity contribution in [2.45, 2.75) is 43.2 Å². The minimum atomic E-state index is -2.48. The van der Waals surface area contributed by atoms with Crippen molar-refractivity contribution in [1.29, 1.82) is 5.26 Å². The Kier molecular flexibility index (Phi) is 6.27. The van der Waals surface area contributed by atoms with Crippen molar-refractivity contribution in [3.63, 3.8) is 0 Å². The van der Waals surface area contributed by atoms with Crippen LogP contribution in [-0.4, -0.2) is 78.2 Å². The van der Waals surface area contributed by atoms with Crippen LogP contribution in [0.4, 0.5) is 28.4 Å². The molecule has 14 heteroatoms. The summed E-state index contributed by atoms with van der Waals surface area (Å²) in [5, 5.41) is 9.97. The molecule has 8 nitrogen and oxygen atoms in total. The highest BCUT2D eigenvalue weighted by Crippen LogP contribution is 2.48. The Morgan fingerprint density at radius 1 is 1.29 bits per heavy atom. The Morgan fingerprint density at radius 2 is 2.13 bits per heavy atom. The fraction of sp³-hybridized carbons (Fsp3) is 0.452. The molecule has 0 amide bonds. The summed E-state index contributed by atoms with van der Waals surface area (Å²) in [4.78, 5) is 12.2. The summed E-state index contributed by atoms with van der Waals surface area (Å²) in [6.45, 7) is -1.28. The van der Waals surface area contributed by atoms with Gasteiger partial charge >= 0.3 is 6.01 Å². The molecule has 3 saturated heterocycles. The zero-order valence-corrected chi connectivity index (χ0v) is 25.2. The minimum Gasteiger partial charge on any atom is -0.461 e. The smallest absolute Gasteiger partial charge is 0.319 e. The Morgan fingerprint density at radius 3 is 2.96 bits per heavy atom. The van der Waals surface area contributed by atoms with Gasteiger partial charge < -0.3 is 20.1 Å². The SMILES string of the molecule is [2H]C([2H])(Oc1nc(N2CCOC[C@H]3[C@H](F)[C@H]32)c2cc(Cl)c(-c3ccc(F)c4sc(N)c(C#N)c34)c(F)c2n1)[C@@]12CCCN1C[C@H](F)C2. The monoisotopic (exact) mass is 660 g/mol. The number of rotatable bonds is 5. The molecule has 1 aliphatic carbocycles. The van der Waals surface area contributed by atoms with E-state index >= 15 is 4.39 Å². The molecule has 0 spiro atoms. The van der Waals surface area contributed by atoms with E-state index in [4.69, 9.17) is 29.5 Å². The molecule has 0 bridgehead atoms. The van der Waals surface area contributed by atoms with Gasteiger partial charge in [-0.05, 0) is 37.1 Å². The van der Waals surface area contributed by atoms with E-state index in [2.05, 4.69) is 9.97 Å². The average Bonchev–Trinajstić information content (AvgIpc) is 3.21. The highest BCUT2D eigenvalue weighted by Gasteiger charge is 2.56. The van der Waals surface area contributed by atoms with Crippen molar-refractivity contribution in [1.82, 2.24) is 14.9 Å². The van der Waals surface area contributed by atoms with Gasteiger partial charge in [-0.2, -0.15) is 15.2 Å². The molecule has 2 N–H and O–H groups in total. The van der Waals surface area contributed by atoms with Crippen LogP contribution in [0, 0.1) is 28.9 Å². The fourth-order valence-corrected chi connectivity index (χ4v) is 8.51. The third kappa shape index (κ3) is 4.44. The largest absolute Gasteiger partial charge is 0.461 e. The number of nitriles is 1. The van der Waals surface area contributed by atoms with Crippen molar-refractivity contribution < 1.29 is 29.8 Å². The summed E-state index contributed by atoms with van der Waals surface area (Å²) in [7, 11) is 0. The van der Waals surface area contributed by atoms with Crippen LogP contribution in [0.5, 0.6) is 6.01 Å². The maximum absolute atomic E-state index is 17.0. The fourth-order valence-electron chi connectivity index (χ4n) is 7.27. The average molecular weight is 661 g/mol. The molecule has 0 radical (unpaired) electrons.